The van der Waals surface area contributed by atoms with E-state index < -0.39 is 0 Å². The molecule has 0 saturated carbocycles. The van der Waals surface area contributed by atoms with Crippen molar-refractivity contribution in [2.45, 2.75) is 0 Å². The first-order valence-electron chi connectivity index (χ1n) is 5.40. The van der Waals surface area contributed by atoms with Gasteiger partial charge in [0.25, 0.3) is 0 Å². The lowest BCUT2D eigenvalue weighted by atomic mass is 10.3. The molecule has 0 radical (unpaired) electrons. The monoisotopic (exact) mass is 253 g/mol. The molecule has 0 aliphatic rings. The van der Waals surface area contributed by atoms with Crippen molar-refractivity contribution in [3.8, 4) is 11.4 Å². The van der Waals surface area contributed by atoms with Crippen LogP contribution in [0.4, 0.5) is 0 Å². The van der Waals surface area contributed by atoms with E-state index in [1.54, 1.807) is 28.2 Å². The van der Waals surface area contributed by atoms with E-state index >= 15 is 0 Å². The van der Waals surface area contributed by atoms with Crippen molar-refractivity contribution in [1.82, 2.24) is 24.6 Å². The van der Waals surface area contributed by atoms with Gasteiger partial charge >= 0.3 is 0 Å². The van der Waals surface area contributed by atoms with Gasteiger partial charge in [0.2, 0.25) is 0 Å². The molecule has 18 heavy (non-hydrogen) atoms. The third-order valence-corrected chi connectivity index (χ3v) is 3.55. The van der Waals surface area contributed by atoms with Crippen molar-refractivity contribution in [3.05, 3.63) is 42.3 Å². The molecule has 0 N–H and O–H groups in total. The van der Waals surface area contributed by atoms with Crippen LogP contribution < -0.4 is 0 Å². The van der Waals surface area contributed by atoms with Gasteiger partial charge in [-0.05, 0) is 11.4 Å². The lowest BCUT2D eigenvalue weighted by molar-refractivity contribution is 0.938. The molecule has 6 heteroatoms. The molecule has 4 heterocycles. The summed E-state index contributed by atoms with van der Waals surface area (Å²) in [6, 6.07) is 3.84. The van der Waals surface area contributed by atoms with E-state index in [4.69, 9.17) is 0 Å². The van der Waals surface area contributed by atoms with Crippen LogP contribution >= 0.6 is 11.3 Å². The second kappa shape index (κ2) is 3.58. The molecule has 0 atom stereocenters. The minimum absolute atomic E-state index is 0.672. The highest BCUT2D eigenvalue weighted by molar-refractivity contribution is 7.17. The van der Waals surface area contributed by atoms with Crippen LogP contribution in [0.15, 0.2) is 42.3 Å². The Hall–Kier alpha value is -2.34. The summed E-state index contributed by atoms with van der Waals surface area (Å²) < 4.78 is 2.81. The van der Waals surface area contributed by atoms with Gasteiger partial charge < -0.3 is 0 Å². The van der Waals surface area contributed by atoms with Crippen LogP contribution in [0.3, 0.4) is 0 Å². The molecular weight excluding hydrogens is 246 g/mol. The first-order chi connectivity index (χ1) is 8.90. The molecule has 0 aliphatic heterocycles. The number of hydrogen-bond donors (Lipinski definition) is 0. The Balaban J connectivity index is 1.93. The van der Waals surface area contributed by atoms with Crippen LogP contribution in [0.25, 0.3) is 27.3 Å². The third-order valence-electron chi connectivity index (χ3n) is 2.71. The highest BCUT2D eigenvalue weighted by Crippen LogP contribution is 2.21. The fourth-order valence-corrected chi connectivity index (χ4v) is 2.52. The second-order valence-electron chi connectivity index (χ2n) is 3.84. The third kappa shape index (κ3) is 1.39. The molecule has 0 spiro atoms. The molecule has 0 amide bonds. The number of aromatic nitrogens is 5. The molecule has 0 fully saturated rings. The Bertz CT molecular complexity index is 776. The maximum atomic E-state index is 4.51. The van der Waals surface area contributed by atoms with E-state index in [0.29, 0.717) is 5.82 Å². The number of fused-ring (bicyclic) bond motifs is 2. The van der Waals surface area contributed by atoms with E-state index in [2.05, 4.69) is 20.1 Å². The van der Waals surface area contributed by atoms with Crippen molar-refractivity contribution in [2.75, 3.05) is 0 Å². The Morgan fingerprint density at radius 3 is 3.11 bits per heavy atom. The molecule has 4 aromatic rings. The number of rotatable bonds is 1. The SMILES string of the molecule is c1cc2ncc(-c3ncc4sccc4n3)cn2n1. The Morgan fingerprint density at radius 1 is 1.11 bits per heavy atom. The quantitative estimate of drug-likeness (QED) is 0.522. The first-order valence-corrected chi connectivity index (χ1v) is 6.28. The predicted molar refractivity (Wildman–Crippen MR) is 69.4 cm³/mol. The van der Waals surface area contributed by atoms with Gasteiger partial charge in [-0.3, -0.25) is 0 Å². The summed E-state index contributed by atoms with van der Waals surface area (Å²) >= 11 is 1.64. The molecule has 5 nitrogen and oxygen atoms in total. The van der Waals surface area contributed by atoms with Crippen LogP contribution in [-0.4, -0.2) is 24.6 Å². The summed E-state index contributed by atoms with van der Waals surface area (Å²) in [7, 11) is 0. The second-order valence-corrected chi connectivity index (χ2v) is 4.79. The minimum atomic E-state index is 0.672. The summed E-state index contributed by atoms with van der Waals surface area (Å²) in [6.07, 6.45) is 7.21. The van der Waals surface area contributed by atoms with Gasteiger partial charge in [-0.15, -0.1) is 11.3 Å². The van der Waals surface area contributed by atoms with Crippen molar-refractivity contribution in [3.63, 3.8) is 0 Å². The highest BCUT2D eigenvalue weighted by Gasteiger charge is 2.06. The number of nitrogens with zero attached hydrogens (tertiary/aromatic N) is 5. The first kappa shape index (κ1) is 9.67. The summed E-state index contributed by atoms with van der Waals surface area (Å²) in [4.78, 5) is 13.2. The van der Waals surface area contributed by atoms with E-state index in [9.17, 15) is 0 Å². The molecule has 4 rings (SSSR count). The van der Waals surface area contributed by atoms with E-state index in [-0.39, 0.29) is 0 Å². The van der Waals surface area contributed by atoms with Gasteiger partial charge in [0, 0.05) is 24.7 Å². The maximum Gasteiger partial charge on any atom is 0.162 e. The lowest BCUT2D eigenvalue weighted by Crippen LogP contribution is -1.94. The molecular formula is C12H7N5S. The van der Waals surface area contributed by atoms with E-state index in [0.717, 1.165) is 21.4 Å². The summed E-state index contributed by atoms with van der Waals surface area (Å²) in [6.45, 7) is 0. The summed E-state index contributed by atoms with van der Waals surface area (Å²) in [5, 5.41) is 6.17. The van der Waals surface area contributed by atoms with Crippen molar-refractivity contribution < 1.29 is 0 Å². The number of thiophene rings is 1. The molecule has 86 valence electrons. The summed E-state index contributed by atoms with van der Waals surface area (Å²) in [5.74, 6) is 0.672. The van der Waals surface area contributed by atoms with Crippen molar-refractivity contribution in [2.24, 2.45) is 0 Å². The smallest absolute Gasteiger partial charge is 0.162 e. The van der Waals surface area contributed by atoms with Gasteiger partial charge in [0.15, 0.2) is 11.5 Å². The van der Waals surface area contributed by atoms with Crippen LogP contribution in [0.1, 0.15) is 0 Å². The molecule has 0 bridgehead atoms. The molecule has 0 unspecified atom stereocenters. The van der Waals surface area contributed by atoms with Gasteiger partial charge in [-0.25, -0.2) is 19.5 Å². The fourth-order valence-electron chi connectivity index (χ4n) is 1.83. The number of hydrogen-bond acceptors (Lipinski definition) is 5. The van der Waals surface area contributed by atoms with Gasteiger partial charge in [0.05, 0.1) is 22.0 Å². The topological polar surface area (TPSA) is 56.0 Å². The van der Waals surface area contributed by atoms with Gasteiger partial charge in [0.1, 0.15) is 0 Å². The van der Waals surface area contributed by atoms with Gasteiger partial charge in [-0.2, -0.15) is 5.10 Å². The van der Waals surface area contributed by atoms with Crippen LogP contribution in [0.5, 0.6) is 0 Å². The normalized spacial score (nSPS) is 11.3. The molecule has 0 saturated heterocycles. The zero-order valence-corrected chi connectivity index (χ0v) is 10.0. The molecule has 0 aromatic carbocycles. The van der Waals surface area contributed by atoms with Crippen LogP contribution in [0, 0.1) is 0 Å². The standard InChI is InChI=1S/C12H7N5S/c1-3-15-17-7-8(5-13-11(1)17)12-14-6-10-9(16-12)2-4-18-10/h1-7H. The fraction of sp³-hybridized carbons (Fsp3) is 0. The lowest BCUT2D eigenvalue weighted by Gasteiger charge is -2.00. The van der Waals surface area contributed by atoms with Crippen LogP contribution in [-0.2, 0) is 0 Å². The zero-order valence-electron chi connectivity index (χ0n) is 9.19. The zero-order chi connectivity index (χ0) is 11.9. The van der Waals surface area contributed by atoms with E-state index in [1.807, 2.05) is 29.9 Å². The largest absolute Gasteiger partial charge is 0.236 e. The van der Waals surface area contributed by atoms with E-state index in [1.165, 1.54) is 0 Å². The van der Waals surface area contributed by atoms with Crippen molar-refractivity contribution in [1.29, 1.82) is 0 Å². The van der Waals surface area contributed by atoms with Gasteiger partial charge in [-0.1, -0.05) is 0 Å². The van der Waals surface area contributed by atoms with Crippen molar-refractivity contribution >= 4 is 27.2 Å². The highest BCUT2D eigenvalue weighted by atomic mass is 32.1. The average molecular weight is 253 g/mol. The Labute approximate surface area is 106 Å². The van der Waals surface area contributed by atoms with Crippen LogP contribution in [0.2, 0.25) is 0 Å². The molecule has 0 aliphatic carbocycles. The predicted octanol–water partition coefficient (Wildman–Crippen LogP) is 2.40. The Morgan fingerprint density at radius 2 is 2.11 bits per heavy atom. The molecule has 4 aromatic heterocycles. The summed E-state index contributed by atoms with van der Waals surface area (Å²) in [5.41, 5.74) is 2.64. The minimum Gasteiger partial charge on any atom is -0.236 e. The average Bonchev–Trinajstić information content (AvgIpc) is 3.05. The maximum absolute atomic E-state index is 4.51. The Kier molecular flexibility index (Phi) is 1.92.